The number of rotatable bonds is 18. The Bertz CT molecular complexity index is 1250. The number of H-pyrrole nitrogens is 1. The van der Waals surface area contributed by atoms with Crippen molar-refractivity contribution in [2.24, 2.45) is 17.2 Å². The lowest BCUT2D eigenvalue weighted by atomic mass is 10.0. The molecule has 4 amide bonds. The number of aromatic amines is 1. The number of aliphatic carboxylic acids is 2. The highest BCUT2D eigenvalue weighted by Crippen LogP contribution is 2.19. The zero-order chi connectivity index (χ0) is 30.5. The molecule has 0 aliphatic rings. The second-order valence-electron chi connectivity index (χ2n) is 9.58. The van der Waals surface area contributed by atoms with Gasteiger partial charge in [0.15, 0.2) is 0 Å². The Kier molecular flexibility index (Phi) is 12.7. The summed E-state index contributed by atoms with van der Waals surface area (Å²) in [4.78, 5) is 76.4. The van der Waals surface area contributed by atoms with Gasteiger partial charge < -0.3 is 48.3 Å². The quantitative estimate of drug-likeness (QED) is 0.0922. The van der Waals surface area contributed by atoms with E-state index in [-0.39, 0.29) is 19.3 Å². The Morgan fingerprint density at radius 1 is 0.854 bits per heavy atom. The topological polar surface area (TPSA) is 273 Å². The predicted octanol–water partition coefficient (Wildman–Crippen LogP) is -1.55. The lowest BCUT2D eigenvalue weighted by Crippen LogP contribution is -2.57. The number of nitrogens with one attached hydrogen (secondary N) is 4. The number of nitrogens with two attached hydrogens (primary N) is 3. The molecule has 0 fully saturated rings. The molecule has 0 aliphatic carbocycles. The number of primary amides is 1. The number of carboxylic acids is 2. The molecule has 4 unspecified atom stereocenters. The maximum atomic E-state index is 13.4. The van der Waals surface area contributed by atoms with E-state index in [1.54, 1.807) is 18.3 Å². The second kappa shape index (κ2) is 15.9. The number of amides is 4. The van der Waals surface area contributed by atoms with Crippen LogP contribution in [0.2, 0.25) is 0 Å². The Morgan fingerprint density at radius 2 is 1.49 bits per heavy atom. The van der Waals surface area contributed by atoms with Crippen LogP contribution in [0.3, 0.4) is 0 Å². The van der Waals surface area contributed by atoms with Gasteiger partial charge in [0.1, 0.15) is 18.1 Å². The van der Waals surface area contributed by atoms with Crippen LogP contribution in [0.25, 0.3) is 10.9 Å². The highest BCUT2D eigenvalue weighted by Gasteiger charge is 2.31. The third-order valence-electron chi connectivity index (χ3n) is 6.33. The zero-order valence-corrected chi connectivity index (χ0v) is 22.4. The number of aromatic nitrogens is 1. The fourth-order valence-corrected chi connectivity index (χ4v) is 4.15. The van der Waals surface area contributed by atoms with E-state index in [9.17, 15) is 33.9 Å². The summed E-state index contributed by atoms with van der Waals surface area (Å²) in [5.41, 5.74) is 17.7. The van der Waals surface area contributed by atoms with Crippen molar-refractivity contribution in [2.75, 3.05) is 6.54 Å². The Hall–Kier alpha value is -4.50. The number of carboxylic acid groups (broad SMARTS) is 2. The van der Waals surface area contributed by atoms with E-state index in [1.165, 1.54) is 0 Å². The van der Waals surface area contributed by atoms with Gasteiger partial charge in [0.25, 0.3) is 0 Å². The Balaban J connectivity index is 2.30. The van der Waals surface area contributed by atoms with Crippen molar-refractivity contribution >= 4 is 46.5 Å². The van der Waals surface area contributed by atoms with Crippen molar-refractivity contribution in [2.45, 2.75) is 69.1 Å². The fraction of sp³-hybridized carbons (Fsp3) is 0.462. The minimum Gasteiger partial charge on any atom is -0.481 e. The lowest BCUT2D eigenvalue weighted by Gasteiger charge is -2.25. The third-order valence-corrected chi connectivity index (χ3v) is 6.33. The first kappa shape index (κ1) is 32.7. The SMILES string of the molecule is NCCCCC(NC(=O)C(CCC(=O)O)NC(=O)C(Cc1c[nH]c2ccccc12)NC(=O)C(N)CC(N)=O)C(=O)O. The van der Waals surface area contributed by atoms with Gasteiger partial charge >= 0.3 is 11.9 Å². The van der Waals surface area contributed by atoms with Gasteiger partial charge in [0, 0.05) is 29.9 Å². The van der Waals surface area contributed by atoms with Crippen LogP contribution in [0.1, 0.15) is 44.1 Å². The summed E-state index contributed by atoms with van der Waals surface area (Å²) in [6, 6.07) is 1.84. The molecule has 2 aromatic rings. The monoisotopic (exact) mass is 575 g/mol. The highest BCUT2D eigenvalue weighted by atomic mass is 16.4. The van der Waals surface area contributed by atoms with Gasteiger partial charge in [0.2, 0.25) is 23.6 Å². The smallest absolute Gasteiger partial charge is 0.326 e. The van der Waals surface area contributed by atoms with E-state index in [0.29, 0.717) is 24.9 Å². The molecule has 1 heterocycles. The average Bonchev–Trinajstić information content (AvgIpc) is 3.32. The maximum absolute atomic E-state index is 13.4. The van der Waals surface area contributed by atoms with E-state index in [1.807, 2.05) is 12.1 Å². The first-order valence-electron chi connectivity index (χ1n) is 13.1. The van der Waals surface area contributed by atoms with Gasteiger partial charge in [-0.1, -0.05) is 18.2 Å². The average molecular weight is 576 g/mol. The van der Waals surface area contributed by atoms with E-state index < -0.39 is 72.6 Å². The number of carbonyl (C=O) groups excluding carboxylic acids is 4. The van der Waals surface area contributed by atoms with Gasteiger partial charge in [-0.25, -0.2) is 4.79 Å². The summed E-state index contributed by atoms with van der Waals surface area (Å²) in [7, 11) is 0. The minimum absolute atomic E-state index is 0.0605. The molecule has 0 aliphatic heterocycles. The van der Waals surface area contributed by atoms with Crippen molar-refractivity contribution in [3.8, 4) is 0 Å². The Morgan fingerprint density at radius 3 is 2.12 bits per heavy atom. The van der Waals surface area contributed by atoms with Crippen molar-refractivity contribution in [1.29, 1.82) is 0 Å². The Labute approximate surface area is 235 Å². The number of fused-ring (bicyclic) bond motifs is 1. The van der Waals surface area contributed by atoms with E-state index in [2.05, 4.69) is 20.9 Å². The fourth-order valence-electron chi connectivity index (χ4n) is 4.15. The largest absolute Gasteiger partial charge is 0.481 e. The van der Waals surface area contributed by atoms with Crippen LogP contribution in [0.15, 0.2) is 30.5 Å². The second-order valence-corrected chi connectivity index (χ2v) is 9.58. The normalized spacial score (nSPS) is 13.9. The summed E-state index contributed by atoms with van der Waals surface area (Å²) >= 11 is 0. The van der Waals surface area contributed by atoms with Crippen molar-refractivity contribution in [1.82, 2.24) is 20.9 Å². The lowest BCUT2D eigenvalue weighted by molar-refractivity contribution is -0.143. The number of hydrogen-bond acceptors (Lipinski definition) is 8. The molecule has 0 saturated heterocycles. The van der Waals surface area contributed by atoms with Gasteiger partial charge in [0.05, 0.1) is 12.5 Å². The standard InChI is InChI=1S/C26H37N7O8/c27-10-4-3-7-19(26(40)41)32-24(38)18(8-9-22(35)36)31-25(39)20(33-23(37)16(28)12-21(29)34)11-14-13-30-17-6-2-1-5-15(14)17/h1-2,5-6,13,16,18-20,30H,3-4,7-12,27-28H2,(H2,29,34)(H,31,39)(H,32,38)(H,33,37)(H,35,36)(H,40,41). The molecule has 2 rings (SSSR count). The van der Waals surface area contributed by atoms with Gasteiger partial charge in [-0.3, -0.25) is 24.0 Å². The van der Waals surface area contributed by atoms with Crippen LogP contribution in [-0.4, -0.2) is 81.5 Å². The molecule has 41 heavy (non-hydrogen) atoms. The molecule has 224 valence electrons. The number of carbonyl (C=O) groups is 6. The van der Waals surface area contributed by atoms with Crippen LogP contribution in [0.4, 0.5) is 0 Å². The van der Waals surface area contributed by atoms with Crippen molar-refractivity contribution < 1.29 is 39.0 Å². The molecule has 0 bridgehead atoms. The molecule has 0 saturated carbocycles. The van der Waals surface area contributed by atoms with Gasteiger partial charge in [-0.15, -0.1) is 0 Å². The number of benzene rings is 1. The first-order chi connectivity index (χ1) is 19.4. The molecule has 4 atom stereocenters. The van der Waals surface area contributed by atoms with Crippen LogP contribution >= 0.6 is 0 Å². The van der Waals surface area contributed by atoms with Crippen LogP contribution < -0.4 is 33.2 Å². The molecule has 1 aromatic heterocycles. The number of para-hydroxylation sites is 1. The van der Waals surface area contributed by atoms with Crippen LogP contribution in [-0.2, 0) is 35.2 Å². The summed E-state index contributed by atoms with van der Waals surface area (Å²) in [6.45, 7) is 0.338. The molecule has 1 aromatic carbocycles. The molecular weight excluding hydrogens is 538 g/mol. The molecule has 12 N–H and O–H groups in total. The summed E-state index contributed by atoms with van der Waals surface area (Å²) in [6.07, 6.45) is 1.29. The zero-order valence-electron chi connectivity index (χ0n) is 22.4. The van der Waals surface area contributed by atoms with Gasteiger partial charge in [-0.2, -0.15) is 0 Å². The van der Waals surface area contributed by atoms with E-state index in [4.69, 9.17) is 22.3 Å². The highest BCUT2D eigenvalue weighted by molar-refractivity contribution is 5.95. The first-order valence-corrected chi connectivity index (χ1v) is 13.1. The van der Waals surface area contributed by atoms with Crippen molar-refractivity contribution in [3.63, 3.8) is 0 Å². The van der Waals surface area contributed by atoms with Gasteiger partial charge in [-0.05, 0) is 43.9 Å². The summed E-state index contributed by atoms with van der Waals surface area (Å²) < 4.78 is 0. The molecule has 15 heteroatoms. The number of hydrogen-bond donors (Lipinski definition) is 9. The maximum Gasteiger partial charge on any atom is 0.326 e. The molecule has 0 spiro atoms. The molecule has 15 nitrogen and oxygen atoms in total. The summed E-state index contributed by atoms with van der Waals surface area (Å²) in [5, 5.41) is 26.7. The predicted molar refractivity (Wildman–Crippen MR) is 147 cm³/mol. The van der Waals surface area contributed by atoms with E-state index >= 15 is 0 Å². The third kappa shape index (κ3) is 10.5. The molecular formula is C26H37N7O8. The van der Waals surface area contributed by atoms with Crippen LogP contribution in [0, 0.1) is 0 Å². The summed E-state index contributed by atoms with van der Waals surface area (Å²) in [5.74, 6) is -5.96. The number of unbranched alkanes of at least 4 members (excludes halogenated alkanes) is 1. The molecule has 0 radical (unpaired) electrons. The van der Waals surface area contributed by atoms with E-state index in [0.717, 1.165) is 10.9 Å². The van der Waals surface area contributed by atoms with Crippen LogP contribution in [0.5, 0.6) is 0 Å². The minimum atomic E-state index is -1.43. The van der Waals surface area contributed by atoms with Crippen molar-refractivity contribution in [3.05, 3.63) is 36.0 Å².